The molecule has 1 amide bonds. The number of benzene rings is 1. The number of β-amino-alcohol motifs (C(OH)–C–C–N with tert-alkyl or cyclic N) is 1. The molecular formula is C17H25N3O5. The van der Waals surface area contributed by atoms with Crippen LogP contribution in [0.1, 0.15) is 13.8 Å². The van der Waals surface area contributed by atoms with Gasteiger partial charge in [0.25, 0.3) is 5.69 Å². The van der Waals surface area contributed by atoms with Gasteiger partial charge in [0.1, 0.15) is 18.5 Å². The predicted molar refractivity (Wildman–Crippen MR) is 92.5 cm³/mol. The maximum absolute atomic E-state index is 12.0. The summed E-state index contributed by atoms with van der Waals surface area (Å²) in [6, 6.07) is 5.89. The lowest BCUT2D eigenvalue weighted by molar-refractivity contribution is -0.384. The van der Waals surface area contributed by atoms with Gasteiger partial charge in [-0.1, -0.05) is 19.9 Å². The van der Waals surface area contributed by atoms with Crippen LogP contribution in [0, 0.1) is 16.0 Å². The van der Waals surface area contributed by atoms with E-state index in [-0.39, 0.29) is 24.1 Å². The first kappa shape index (κ1) is 19.1. The summed E-state index contributed by atoms with van der Waals surface area (Å²) in [6.07, 6.45) is -0.702. The molecule has 1 N–H and O–H groups in total. The molecule has 0 radical (unpaired) electrons. The third-order valence-corrected chi connectivity index (χ3v) is 4.12. The van der Waals surface area contributed by atoms with Crippen LogP contribution in [0.2, 0.25) is 0 Å². The molecule has 1 atom stereocenters. The van der Waals surface area contributed by atoms with Crippen LogP contribution < -0.4 is 4.74 Å². The standard InChI is InChI=1S/C17H25N3O5/c1-13(2)17(22)19-8-6-18(7-9-19)11-15(21)12-25-16-5-3-4-14(10-16)20(23)24/h3-5,10,13,15,21H,6-9,11-12H2,1-2H3. The zero-order chi connectivity index (χ0) is 18.4. The molecule has 0 saturated carbocycles. The van der Waals surface area contributed by atoms with Crippen molar-refractivity contribution in [2.45, 2.75) is 20.0 Å². The van der Waals surface area contributed by atoms with Crippen molar-refractivity contribution in [2.75, 3.05) is 39.3 Å². The topological polar surface area (TPSA) is 96.2 Å². The lowest BCUT2D eigenvalue weighted by Gasteiger charge is -2.36. The second-order valence-electron chi connectivity index (χ2n) is 6.50. The quantitative estimate of drug-likeness (QED) is 0.584. The SMILES string of the molecule is CC(C)C(=O)N1CCN(CC(O)COc2cccc([N+](=O)[O-])c2)CC1. The van der Waals surface area contributed by atoms with Gasteiger partial charge in [0, 0.05) is 44.7 Å². The molecule has 1 saturated heterocycles. The van der Waals surface area contributed by atoms with Crippen molar-refractivity contribution in [2.24, 2.45) is 5.92 Å². The number of rotatable bonds is 7. The van der Waals surface area contributed by atoms with Crippen molar-refractivity contribution in [3.05, 3.63) is 34.4 Å². The Bertz CT molecular complexity index is 600. The average Bonchev–Trinajstić information content (AvgIpc) is 2.60. The van der Waals surface area contributed by atoms with Crippen LogP contribution in [0.15, 0.2) is 24.3 Å². The molecule has 1 aliphatic heterocycles. The van der Waals surface area contributed by atoms with Crippen molar-refractivity contribution < 1.29 is 19.6 Å². The van der Waals surface area contributed by atoms with E-state index in [2.05, 4.69) is 4.90 Å². The monoisotopic (exact) mass is 351 g/mol. The molecule has 25 heavy (non-hydrogen) atoms. The molecule has 0 aromatic heterocycles. The Hall–Kier alpha value is -2.19. The minimum atomic E-state index is -0.702. The van der Waals surface area contributed by atoms with E-state index >= 15 is 0 Å². The number of nitrogens with zero attached hydrogens (tertiary/aromatic N) is 3. The van der Waals surface area contributed by atoms with E-state index < -0.39 is 11.0 Å². The zero-order valence-corrected chi connectivity index (χ0v) is 14.6. The molecule has 8 heteroatoms. The molecule has 0 bridgehead atoms. The largest absolute Gasteiger partial charge is 0.491 e. The highest BCUT2D eigenvalue weighted by Crippen LogP contribution is 2.19. The molecule has 138 valence electrons. The summed E-state index contributed by atoms with van der Waals surface area (Å²) in [5, 5.41) is 20.9. The molecular weight excluding hydrogens is 326 g/mol. The number of aliphatic hydroxyl groups excluding tert-OH is 1. The molecule has 8 nitrogen and oxygen atoms in total. The lowest BCUT2D eigenvalue weighted by atomic mass is 10.1. The molecule has 1 unspecified atom stereocenters. The molecule has 0 spiro atoms. The number of hydrogen-bond acceptors (Lipinski definition) is 6. The van der Waals surface area contributed by atoms with Gasteiger partial charge in [-0.05, 0) is 6.07 Å². The summed E-state index contributed by atoms with van der Waals surface area (Å²) < 4.78 is 5.45. The zero-order valence-electron chi connectivity index (χ0n) is 14.6. The Labute approximate surface area is 147 Å². The first-order valence-corrected chi connectivity index (χ1v) is 8.43. The number of piperazine rings is 1. The van der Waals surface area contributed by atoms with Gasteiger partial charge in [-0.15, -0.1) is 0 Å². The summed E-state index contributed by atoms with van der Waals surface area (Å²) in [6.45, 7) is 7.04. The summed E-state index contributed by atoms with van der Waals surface area (Å²) in [7, 11) is 0. The summed E-state index contributed by atoms with van der Waals surface area (Å²) in [4.78, 5) is 26.1. The van der Waals surface area contributed by atoms with Gasteiger partial charge < -0.3 is 14.7 Å². The lowest BCUT2D eigenvalue weighted by Crippen LogP contribution is -2.51. The molecule has 1 aliphatic rings. The van der Waals surface area contributed by atoms with Crippen molar-refractivity contribution in [1.82, 2.24) is 9.80 Å². The minimum absolute atomic E-state index is 0.000435. The van der Waals surface area contributed by atoms with E-state index in [4.69, 9.17) is 4.74 Å². The molecule has 2 rings (SSSR count). The summed E-state index contributed by atoms with van der Waals surface area (Å²) in [5.41, 5.74) is -0.0436. The number of carbonyl (C=O) groups is 1. The second-order valence-corrected chi connectivity index (χ2v) is 6.50. The van der Waals surface area contributed by atoms with Gasteiger partial charge >= 0.3 is 0 Å². The first-order valence-electron chi connectivity index (χ1n) is 8.43. The Kier molecular flexibility index (Phi) is 6.72. The maximum atomic E-state index is 12.0. The van der Waals surface area contributed by atoms with E-state index in [9.17, 15) is 20.0 Å². The highest BCUT2D eigenvalue weighted by atomic mass is 16.6. The molecule has 1 aromatic rings. The number of nitro groups is 1. The van der Waals surface area contributed by atoms with Crippen LogP contribution in [-0.2, 0) is 4.79 Å². The van der Waals surface area contributed by atoms with E-state index in [1.165, 1.54) is 12.1 Å². The average molecular weight is 351 g/mol. The fourth-order valence-electron chi connectivity index (χ4n) is 2.75. The van der Waals surface area contributed by atoms with Crippen molar-refractivity contribution in [3.8, 4) is 5.75 Å². The number of non-ortho nitro benzene ring substituents is 1. The van der Waals surface area contributed by atoms with E-state index in [0.29, 0.717) is 38.5 Å². The Balaban J connectivity index is 1.74. The number of hydrogen-bond donors (Lipinski definition) is 1. The fourth-order valence-corrected chi connectivity index (χ4v) is 2.75. The Morgan fingerprint density at radius 1 is 1.32 bits per heavy atom. The maximum Gasteiger partial charge on any atom is 0.273 e. The van der Waals surface area contributed by atoms with Gasteiger partial charge in [-0.3, -0.25) is 19.8 Å². The van der Waals surface area contributed by atoms with Gasteiger partial charge in [0.05, 0.1) is 11.0 Å². The molecule has 1 aromatic carbocycles. The van der Waals surface area contributed by atoms with Crippen LogP contribution in [0.3, 0.4) is 0 Å². The summed E-state index contributed by atoms with van der Waals surface area (Å²) >= 11 is 0. The van der Waals surface area contributed by atoms with Gasteiger partial charge in [0.2, 0.25) is 5.91 Å². The third kappa shape index (κ3) is 5.68. The molecule has 1 heterocycles. The number of ether oxygens (including phenoxy) is 1. The number of carbonyl (C=O) groups excluding carboxylic acids is 1. The Morgan fingerprint density at radius 2 is 2.00 bits per heavy atom. The highest BCUT2D eigenvalue weighted by molar-refractivity contribution is 5.78. The minimum Gasteiger partial charge on any atom is -0.491 e. The van der Waals surface area contributed by atoms with Crippen molar-refractivity contribution in [1.29, 1.82) is 0 Å². The third-order valence-electron chi connectivity index (χ3n) is 4.12. The number of nitro benzene ring substituents is 1. The van der Waals surface area contributed by atoms with Crippen LogP contribution in [0.4, 0.5) is 5.69 Å². The van der Waals surface area contributed by atoms with Crippen LogP contribution in [-0.4, -0.2) is 71.2 Å². The van der Waals surface area contributed by atoms with Gasteiger partial charge in [0.15, 0.2) is 0 Å². The number of aliphatic hydroxyl groups is 1. The van der Waals surface area contributed by atoms with E-state index in [1.54, 1.807) is 12.1 Å². The predicted octanol–water partition coefficient (Wildman–Crippen LogP) is 1.13. The first-order chi connectivity index (χ1) is 11.9. The smallest absolute Gasteiger partial charge is 0.273 e. The molecule has 0 aliphatic carbocycles. The second kappa shape index (κ2) is 8.77. The van der Waals surface area contributed by atoms with Crippen LogP contribution in [0.25, 0.3) is 0 Å². The van der Waals surface area contributed by atoms with E-state index in [1.807, 2.05) is 18.7 Å². The van der Waals surface area contributed by atoms with Gasteiger partial charge in [-0.2, -0.15) is 0 Å². The molecule has 1 fully saturated rings. The van der Waals surface area contributed by atoms with E-state index in [0.717, 1.165) is 0 Å². The van der Waals surface area contributed by atoms with Gasteiger partial charge in [-0.25, -0.2) is 0 Å². The number of amides is 1. The Morgan fingerprint density at radius 3 is 2.60 bits per heavy atom. The van der Waals surface area contributed by atoms with Crippen LogP contribution >= 0.6 is 0 Å². The van der Waals surface area contributed by atoms with Crippen molar-refractivity contribution in [3.63, 3.8) is 0 Å². The fraction of sp³-hybridized carbons (Fsp3) is 0.588. The summed E-state index contributed by atoms with van der Waals surface area (Å²) in [5.74, 6) is 0.523. The highest BCUT2D eigenvalue weighted by Gasteiger charge is 2.24. The van der Waals surface area contributed by atoms with Crippen molar-refractivity contribution >= 4 is 11.6 Å². The van der Waals surface area contributed by atoms with Crippen LogP contribution in [0.5, 0.6) is 5.75 Å². The normalized spacial score (nSPS) is 16.7.